The summed E-state index contributed by atoms with van der Waals surface area (Å²) in [7, 11) is -5.79. The second-order valence-corrected chi connectivity index (χ2v) is 5.57. The summed E-state index contributed by atoms with van der Waals surface area (Å²) in [5.41, 5.74) is -5.45. The number of Topliss-reactive ketones (excluding diaryl/α,β-unsaturated/α-hetero) is 1. The standard InChI is InChI=1S/C12H13F3O4S/c1-2-6-10(19-20(17,18)12(13,14)15)11(16)9-7-4-3-5-8-9/h3-5,7-8,10H,2,6H2,1H3. The van der Waals surface area contributed by atoms with Crippen LogP contribution >= 0.6 is 0 Å². The van der Waals surface area contributed by atoms with Crippen molar-refractivity contribution in [1.82, 2.24) is 0 Å². The van der Waals surface area contributed by atoms with Crippen LogP contribution in [0.15, 0.2) is 30.3 Å². The lowest BCUT2D eigenvalue weighted by molar-refractivity contribution is -0.0564. The molecule has 0 aliphatic heterocycles. The Morgan fingerprint density at radius 1 is 1.25 bits per heavy atom. The zero-order valence-electron chi connectivity index (χ0n) is 10.6. The molecule has 0 heterocycles. The minimum atomic E-state index is -5.79. The van der Waals surface area contributed by atoms with Crippen molar-refractivity contribution in [2.45, 2.75) is 31.4 Å². The van der Waals surface area contributed by atoms with Crippen molar-refractivity contribution < 1.29 is 30.6 Å². The van der Waals surface area contributed by atoms with E-state index in [0.29, 0.717) is 6.42 Å². The van der Waals surface area contributed by atoms with Crippen molar-refractivity contribution in [3.05, 3.63) is 35.9 Å². The van der Waals surface area contributed by atoms with Crippen LogP contribution < -0.4 is 0 Å². The SMILES string of the molecule is CCCC(OS(=O)(=O)C(F)(F)F)C(=O)c1ccccc1. The smallest absolute Gasteiger partial charge is 0.291 e. The zero-order valence-corrected chi connectivity index (χ0v) is 11.4. The fourth-order valence-electron chi connectivity index (χ4n) is 1.48. The summed E-state index contributed by atoms with van der Waals surface area (Å²) in [5.74, 6) is -0.791. The summed E-state index contributed by atoms with van der Waals surface area (Å²) in [6.07, 6.45) is -1.49. The summed E-state index contributed by atoms with van der Waals surface area (Å²) in [5, 5.41) is 0. The highest BCUT2D eigenvalue weighted by molar-refractivity contribution is 7.87. The fourth-order valence-corrected chi connectivity index (χ4v) is 2.08. The number of carbonyl (C=O) groups is 1. The molecule has 1 aromatic carbocycles. The number of halogens is 3. The molecule has 1 unspecified atom stereocenters. The van der Waals surface area contributed by atoms with Crippen molar-refractivity contribution in [2.75, 3.05) is 0 Å². The van der Waals surface area contributed by atoms with Crippen LogP contribution in [0, 0.1) is 0 Å². The Morgan fingerprint density at radius 3 is 2.25 bits per heavy atom. The minimum Gasteiger partial charge on any atom is -0.291 e. The molecule has 0 bridgehead atoms. The number of hydrogen-bond acceptors (Lipinski definition) is 4. The quantitative estimate of drug-likeness (QED) is 0.460. The first-order chi connectivity index (χ1) is 9.19. The van der Waals surface area contributed by atoms with Gasteiger partial charge in [-0.05, 0) is 6.42 Å². The van der Waals surface area contributed by atoms with Crippen LogP contribution in [-0.2, 0) is 14.3 Å². The predicted molar refractivity (Wildman–Crippen MR) is 65.5 cm³/mol. The van der Waals surface area contributed by atoms with E-state index >= 15 is 0 Å². The van der Waals surface area contributed by atoms with Gasteiger partial charge < -0.3 is 0 Å². The van der Waals surface area contributed by atoms with Gasteiger partial charge in [-0.3, -0.25) is 8.98 Å². The Kier molecular flexibility index (Phi) is 5.29. The molecule has 0 aliphatic rings. The van der Waals surface area contributed by atoms with Crippen molar-refractivity contribution >= 4 is 15.9 Å². The third-order valence-corrected chi connectivity index (χ3v) is 3.48. The van der Waals surface area contributed by atoms with Gasteiger partial charge in [-0.25, -0.2) is 0 Å². The molecule has 0 radical (unpaired) electrons. The summed E-state index contributed by atoms with van der Waals surface area (Å²) in [6.45, 7) is 1.61. The van der Waals surface area contributed by atoms with Gasteiger partial charge >= 0.3 is 15.6 Å². The lowest BCUT2D eigenvalue weighted by Crippen LogP contribution is -2.34. The molecule has 0 fully saturated rings. The molecule has 0 aliphatic carbocycles. The van der Waals surface area contributed by atoms with Crippen LogP contribution in [0.4, 0.5) is 13.2 Å². The van der Waals surface area contributed by atoms with Crippen LogP contribution in [0.2, 0.25) is 0 Å². The minimum absolute atomic E-state index is 0.100. The Balaban J connectivity index is 2.99. The van der Waals surface area contributed by atoms with Crippen molar-refractivity contribution in [3.8, 4) is 0 Å². The fraction of sp³-hybridized carbons (Fsp3) is 0.417. The van der Waals surface area contributed by atoms with Crippen LogP contribution in [0.5, 0.6) is 0 Å². The third kappa shape index (κ3) is 4.04. The van der Waals surface area contributed by atoms with Crippen molar-refractivity contribution in [1.29, 1.82) is 0 Å². The molecule has 112 valence electrons. The van der Waals surface area contributed by atoms with E-state index in [2.05, 4.69) is 4.18 Å². The predicted octanol–water partition coefficient (Wildman–Crippen LogP) is 2.90. The number of benzene rings is 1. The van der Waals surface area contributed by atoms with E-state index in [4.69, 9.17) is 0 Å². The normalized spacial score (nSPS) is 14.0. The summed E-state index contributed by atoms with van der Waals surface area (Å²) >= 11 is 0. The summed E-state index contributed by atoms with van der Waals surface area (Å²) in [4.78, 5) is 12.0. The first kappa shape index (κ1) is 16.6. The van der Waals surface area contributed by atoms with E-state index < -0.39 is 27.5 Å². The zero-order chi connectivity index (χ0) is 15.4. The number of ketones is 1. The number of carbonyl (C=O) groups excluding carboxylic acids is 1. The molecule has 4 nitrogen and oxygen atoms in total. The summed E-state index contributed by atoms with van der Waals surface area (Å²) < 4.78 is 62.8. The molecule has 0 aromatic heterocycles. The summed E-state index contributed by atoms with van der Waals surface area (Å²) in [6, 6.07) is 7.44. The molecule has 0 N–H and O–H groups in total. The molecular weight excluding hydrogens is 297 g/mol. The van der Waals surface area contributed by atoms with Gasteiger partial charge in [-0.1, -0.05) is 43.7 Å². The third-order valence-electron chi connectivity index (χ3n) is 2.43. The first-order valence-electron chi connectivity index (χ1n) is 5.78. The molecule has 1 aromatic rings. The van der Waals surface area contributed by atoms with Crippen LogP contribution in [0.3, 0.4) is 0 Å². The monoisotopic (exact) mass is 310 g/mol. The molecule has 0 spiro atoms. The lowest BCUT2D eigenvalue weighted by Gasteiger charge is -2.17. The number of hydrogen-bond donors (Lipinski definition) is 0. The maximum atomic E-state index is 12.3. The van der Waals surface area contributed by atoms with Crippen LogP contribution in [0.25, 0.3) is 0 Å². The molecule has 1 rings (SSSR count). The topological polar surface area (TPSA) is 60.4 Å². The second-order valence-electron chi connectivity index (χ2n) is 4.00. The van der Waals surface area contributed by atoms with E-state index in [-0.39, 0.29) is 12.0 Å². The Bertz CT molecular complexity index is 552. The number of rotatable bonds is 6. The van der Waals surface area contributed by atoms with E-state index in [9.17, 15) is 26.4 Å². The van der Waals surface area contributed by atoms with Gasteiger partial charge in [-0.15, -0.1) is 0 Å². The second kappa shape index (κ2) is 6.36. The maximum absolute atomic E-state index is 12.3. The maximum Gasteiger partial charge on any atom is 0.523 e. The molecule has 8 heteroatoms. The molecule has 0 saturated heterocycles. The van der Waals surface area contributed by atoms with Gasteiger partial charge in [0.25, 0.3) is 0 Å². The van der Waals surface area contributed by atoms with E-state index in [1.54, 1.807) is 13.0 Å². The molecule has 1 atom stereocenters. The molecular formula is C12H13F3O4S. The number of alkyl halides is 3. The van der Waals surface area contributed by atoms with Gasteiger partial charge in [0.15, 0.2) is 5.78 Å². The first-order valence-corrected chi connectivity index (χ1v) is 7.18. The van der Waals surface area contributed by atoms with Crippen molar-refractivity contribution in [2.24, 2.45) is 0 Å². The van der Waals surface area contributed by atoms with Gasteiger partial charge in [0, 0.05) is 5.56 Å². The molecule has 0 amide bonds. The van der Waals surface area contributed by atoms with Gasteiger partial charge in [0.2, 0.25) is 0 Å². The van der Waals surface area contributed by atoms with E-state index in [1.807, 2.05) is 0 Å². The van der Waals surface area contributed by atoms with Gasteiger partial charge in [0.1, 0.15) is 6.10 Å². The van der Waals surface area contributed by atoms with Crippen LogP contribution in [0.1, 0.15) is 30.1 Å². The van der Waals surface area contributed by atoms with Gasteiger partial charge in [-0.2, -0.15) is 21.6 Å². The Labute approximate surface area is 114 Å². The highest BCUT2D eigenvalue weighted by Crippen LogP contribution is 2.27. The molecule has 20 heavy (non-hydrogen) atoms. The van der Waals surface area contributed by atoms with Gasteiger partial charge in [0.05, 0.1) is 0 Å². The lowest BCUT2D eigenvalue weighted by atomic mass is 10.0. The Morgan fingerprint density at radius 2 is 1.80 bits per heavy atom. The van der Waals surface area contributed by atoms with Crippen molar-refractivity contribution in [3.63, 3.8) is 0 Å². The average molecular weight is 310 g/mol. The van der Waals surface area contributed by atoms with Crippen LogP contribution in [-0.4, -0.2) is 25.8 Å². The Hall–Kier alpha value is -1.41. The highest BCUT2D eigenvalue weighted by atomic mass is 32.2. The van der Waals surface area contributed by atoms with E-state index in [1.165, 1.54) is 24.3 Å². The largest absolute Gasteiger partial charge is 0.523 e. The molecule has 0 saturated carbocycles. The highest BCUT2D eigenvalue weighted by Gasteiger charge is 2.49. The average Bonchev–Trinajstić information content (AvgIpc) is 2.37. The van der Waals surface area contributed by atoms with E-state index in [0.717, 1.165) is 0 Å².